The molecule has 0 saturated heterocycles. The third-order valence-corrected chi connectivity index (χ3v) is 5.83. The average molecular weight is 467 g/mol. The van der Waals surface area contributed by atoms with Gasteiger partial charge in [0.25, 0.3) is 0 Å². The van der Waals surface area contributed by atoms with Crippen molar-refractivity contribution in [3.05, 3.63) is 74.7 Å². The molecule has 0 spiro atoms. The fourth-order valence-corrected chi connectivity index (χ4v) is 4.20. The summed E-state index contributed by atoms with van der Waals surface area (Å²) in [6, 6.07) is 10.8. The van der Waals surface area contributed by atoms with Crippen LogP contribution in [0.3, 0.4) is 0 Å². The number of carbonyl (C=O) groups excluding carboxylic acids is 2. The number of hydrogen-bond acceptors (Lipinski definition) is 5. The Morgan fingerprint density at radius 3 is 2.73 bits per heavy atom. The number of amides is 1. The molecule has 0 fully saturated rings. The highest BCUT2D eigenvalue weighted by atomic mass is 35.5. The number of carbonyl (C=O) groups is 2. The highest BCUT2D eigenvalue weighted by molar-refractivity contribution is 6.33. The number of aromatic nitrogens is 1. The third kappa shape index (κ3) is 4.78. The normalized spacial score (nSPS) is 12.1. The molecule has 1 amide bonds. The molecule has 4 rings (SSSR count). The topological polar surface area (TPSA) is 101 Å². The van der Waals surface area contributed by atoms with Crippen LogP contribution in [0.15, 0.2) is 51.8 Å². The molecule has 2 aromatic carbocycles. The van der Waals surface area contributed by atoms with E-state index in [1.807, 2.05) is 37.4 Å². The van der Waals surface area contributed by atoms with Crippen LogP contribution in [-0.2, 0) is 22.4 Å². The van der Waals surface area contributed by atoms with E-state index in [-0.39, 0.29) is 40.3 Å². The molecule has 1 atom stereocenters. The number of H-pyrrole nitrogens is 1. The summed E-state index contributed by atoms with van der Waals surface area (Å²) in [4.78, 5) is 39.8. The van der Waals surface area contributed by atoms with E-state index < -0.39 is 11.6 Å². The van der Waals surface area contributed by atoms with Crippen molar-refractivity contribution in [2.45, 2.75) is 39.7 Å². The lowest BCUT2D eigenvalue weighted by atomic mass is 10.0. The van der Waals surface area contributed by atoms with Crippen LogP contribution in [0.4, 0.5) is 0 Å². The molecule has 0 aliphatic rings. The van der Waals surface area contributed by atoms with Crippen molar-refractivity contribution in [1.82, 2.24) is 10.3 Å². The lowest BCUT2D eigenvalue weighted by Crippen LogP contribution is -2.36. The molecule has 0 saturated carbocycles. The summed E-state index contributed by atoms with van der Waals surface area (Å²) in [7, 11) is 0. The van der Waals surface area contributed by atoms with Crippen LogP contribution in [0.2, 0.25) is 5.02 Å². The summed E-state index contributed by atoms with van der Waals surface area (Å²) in [6.45, 7) is 4.91. The second kappa shape index (κ2) is 9.11. The Balaban J connectivity index is 1.52. The first kappa shape index (κ1) is 22.6. The van der Waals surface area contributed by atoms with Gasteiger partial charge >= 0.3 is 11.6 Å². The number of rotatable bonds is 6. The van der Waals surface area contributed by atoms with Gasteiger partial charge in [0.15, 0.2) is 5.75 Å². The van der Waals surface area contributed by atoms with Gasteiger partial charge in [-0.2, -0.15) is 0 Å². The summed E-state index contributed by atoms with van der Waals surface area (Å²) in [5.74, 6) is -0.707. The van der Waals surface area contributed by atoms with Gasteiger partial charge in [-0.25, -0.2) is 4.79 Å². The fraction of sp³-hybridized carbons (Fsp3) is 0.240. The van der Waals surface area contributed by atoms with Crippen LogP contribution in [0.1, 0.15) is 30.5 Å². The number of nitrogens with one attached hydrogen (secondary N) is 2. The van der Waals surface area contributed by atoms with Gasteiger partial charge in [0.1, 0.15) is 5.58 Å². The Morgan fingerprint density at radius 2 is 1.97 bits per heavy atom. The number of ether oxygens (including phenoxy) is 1. The van der Waals surface area contributed by atoms with E-state index in [0.29, 0.717) is 17.4 Å². The van der Waals surface area contributed by atoms with E-state index in [4.69, 9.17) is 20.8 Å². The second-order valence-electron chi connectivity index (χ2n) is 8.07. The van der Waals surface area contributed by atoms with Crippen LogP contribution >= 0.6 is 11.6 Å². The summed E-state index contributed by atoms with van der Waals surface area (Å²) in [5.41, 5.74) is 2.63. The molecular weight excluding hydrogens is 444 g/mol. The minimum absolute atomic E-state index is 0.107. The largest absolute Gasteiger partial charge is 0.425 e. The Hall–Kier alpha value is -3.58. The van der Waals surface area contributed by atoms with Crippen molar-refractivity contribution >= 4 is 45.3 Å². The zero-order chi connectivity index (χ0) is 23.7. The third-order valence-electron chi connectivity index (χ3n) is 5.54. The van der Waals surface area contributed by atoms with Gasteiger partial charge in [0.2, 0.25) is 5.91 Å². The molecule has 170 valence electrons. The van der Waals surface area contributed by atoms with Crippen molar-refractivity contribution in [3.63, 3.8) is 0 Å². The standard InChI is InChI=1S/C25H23ClN2O5/c1-13(8-16-12-27-21-7-5-4-6-17(16)21)28-24(30)10-19-14(2)18-9-20(26)23(32-15(3)29)11-22(18)33-25(19)31/h4-7,9,11-13,27H,8,10H2,1-3H3,(H,28,30). The van der Waals surface area contributed by atoms with Crippen molar-refractivity contribution in [3.8, 4) is 5.75 Å². The molecule has 2 aromatic heterocycles. The van der Waals surface area contributed by atoms with E-state index in [9.17, 15) is 14.4 Å². The Labute approximate surface area is 194 Å². The molecule has 33 heavy (non-hydrogen) atoms. The number of halogens is 1. The fourth-order valence-electron chi connectivity index (χ4n) is 3.99. The summed E-state index contributed by atoms with van der Waals surface area (Å²) in [5, 5.41) is 4.86. The van der Waals surface area contributed by atoms with E-state index in [2.05, 4.69) is 10.3 Å². The predicted octanol–water partition coefficient (Wildman–Crippen LogP) is 4.45. The van der Waals surface area contributed by atoms with Crippen LogP contribution in [0, 0.1) is 6.92 Å². The highest BCUT2D eigenvalue weighted by Gasteiger charge is 2.19. The van der Waals surface area contributed by atoms with Gasteiger partial charge in [-0.3, -0.25) is 9.59 Å². The first-order valence-corrected chi connectivity index (χ1v) is 10.9. The van der Waals surface area contributed by atoms with E-state index in [0.717, 1.165) is 16.5 Å². The maximum atomic E-state index is 12.7. The zero-order valence-corrected chi connectivity index (χ0v) is 19.2. The first-order valence-electron chi connectivity index (χ1n) is 10.5. The quantitative estimate of drug-likeness (QED) is 0.248. The van der Waals surface area contributed by atoms with Gasteiger partial charge in [-0.1, -0.05) is 29.8 Å². The molecule has 2 heterocycles. The molecular formula is C25H23ClN2O5. The summed E-state index contributed by atoms with van der Waals surface area (Å²) in [6.07, 6.45) is 2.48. The van der Waals surface area contributed by atoms with Crippen molar-refractivity contribution in [1.29, 1.82) is 0 Å². The zero-order valence-electron chi connectivity index (χ0n) is 18.5. The number of esters is 1. The highest BCUT2D eigenvalue weighted by Crippen LogP contribution is 2.32. The first-order chi connectivity index (χ1) is 15.7. The Kier molecular flexibility index (Phi) is 6.24. The van der Waals surface area contributed by atoms with Gasteiger partial charge < -0.3 is 19.5 Å². The number of benzene rings is 2. The Morgan fingerprint density at radius 1 is 1.21 bits per heavy atom. The van der Waals surface area contributed by atoms with Gasteiger partial charge in [0.05, 0.1) is 17.0 Å². The summed E-state index contributed by atoms with van der Waals surface area (Å²) >= 11 is 6.22. The molecule has 0 aliphatic carbocycles. The van der Waals surface area contributed by atoms with Crippen molar-refractivity contribution in [2.24, 2.45) is 0 Å². The molecule has 1 unspecified atom stereocenters. The van der Waals surface area contributed by atoms with Crippen LogP contribution < -0.4 is 15.7 Å². The molecule has 0 aliphatic heterocycles. The van der Waals surface area contributed by atoms with Crippen molar-refractivity contribution < 1.29 is 18.7 Å². The predicted molar refractivity (Wildman–Crippen MR) is 127 cm³/mol. The molecule has 4 aromatic rings. The van der Waals surface area contributed by atoms with Crippen molar-refractivity contribution in [2.75, 3.05) is 0 Å². The maximum absolute atomic E-state index is 12.7. The monoisotopic (exact) mass is 466 g/mol. The van der Waals surface area contributed by atoms with Crippen LogP contribution in [0.5, 0.6) is 5.75 Å². The van der Waals surface area contributed by atoms with Crippen LogP contribution in [0.25, 0.3) is 21.9 Å². The molecule has 0 bridgehead atoms. The molecule has 0 radical (unpaired) electrons. The minimum Gasteiger partial charge on any atom is -0.425 e. The molecule has 7 nitrogen and oxygen atoms in total. The average Bonchev–Trinajstić information content (AvgIpc) is 3.15. The molecule has 8 heteroatoms. The van der Waals surface area contributed by atoms with E-state index >= 15 is 0 Å². The van der Waals surface area contributed by atoms with Gasteiger partial charge in [0, 0.05) is 41.5 Å². The Bertz CT molecular complexity index is 1440. The summed E-state index contributed by atoms with van der Waals surface area (Å²) < 4.78 is 10.4. The second-order valence-corrected chi connectivity index (χ2v) is 8.48. The van der Waals surface area contributed by atoms with Crippen LogP contribution in [-0.4, -0.2) is 22.9 Å². The van der Waals surface area contributed by atoms with Gasteiger partial charge in [-0.15, -0.1) is 0 Å². The SMILES string of the molecule is CC(=O)Oc1cc2oc(=O)c(CC(=O)NC(C)Cc3c[nH]c4ccccc34)c(C)c2cc1Cl. The number of aryl methyl sites for hydroxylation is 1. The molecule has 2 N–H and O–H groups in total. The smallest absolute Gasteiger partial charge is 0.340 e. The lowest BCUT2D eigenvalue weighted by molar-refractivity contribution is -0.131. The maximum Gasteiger partial charge on any atom is 0.340 e. The van der Waals surface area contributed by atoms with E-state index in [1.54, 1.807) is 13.0 Å². The van der Waals surface area contributed by atoms with Gasteiger partial charge in [-0.05, 0) is 43.5 Å². The lowest BCUT2D eigenvalue weighted by Gasteiger charge is -2.14. The minimum atomic E-state index is -0.615. The number of para-hydroxylation sites is 1. The van der Waals surface area contributed by atoms with E-state index in [1.165, 1.54) is 13.0 Å². The number of fused-ring (bicyclic) bond motifs is 2. The number of hydrogen-bond donors (Lipinski definition) is 2. The number of aromatic amines is 1.